The molecule has 0 nitrogen and oxygen atoms in total. The predicted octanol–water partition coefficient (Wildman–Crippen LogP) is 7.52. The van der Waals surface area contributed by atoms with Crippen molar-refractivity contribution in [3.63, 3.8) is 0 Å². The minimum Gasteiger partial charge on any atom is -0.0622 e. The van der Waals surface area contributed by atoms with Gasteiger partial charge in [0, 0.05) is 22.4 Å². The van der Waals surface area contributed by atoms with E-state index in [1.165, 1.54) is 40.7 Å². The zero-order valence-corrected chi connectivity index (χ0v) is 21.7. The third kappa shape index (κ3) is 10.2. The first-order valence-corrected chi connectivity index (χ1v) is 9.63. The molecule has 0 bridgehead atoms. The van der Waals surface area contributed by atoms with Crippen molar-refractivity contribution in [3.8, 4) is 0 Å². The van der Waals surface area contributed by atoms with Gasteiger partial charge in [-0.25, -0.2) is 0 Å². The first-order valence-electron chi connectivity index (χ1n) is 9.63. The van der Waals surface area contributed by atoms with Crippen LogP contribution in [-0.4, -0.2) is 0 Å². The van der Waals surface area contributed by atoms with Crippen LogP contribution in [0.1, 0.15) is 45.7 Å². The van der Waals surface area contributed by atoms with Gasteiger partial charge in [0.2, 0.25) is 0 Å². The summed E-state index contributed by atoms with van der Waals surface area (Å²) < 4.78 is 0. The predicted molar refractivity (Wildman–Crippen MR) is 124 cm³/mol. The van der Waals surface area contributed by atoms with Crippen molar-refractivity contribution in [2.45, 2.75) is 34.6 Å². The SMILES string of the molecule is C[C]1[C](C)[C](C)[C](C)[C]1C.[CH2][CH][CH]c1ccccc1.[CH2][CH][CH]c1ccccc1.[Ta]. The smallest absolute Gasteiger partial charge is 0 e. The summed E-state index contributed by atoms with van der Waals surface area (Å²) in [4.78, 5) is 0. The quantitative estimate of drug-likeness (QED) is 0.369. The van der Waals surface area contributed by atoms with Crippen LogP contribution in [0.2, 0.25) is 0 Å². The average molecular weight is 551 g/mol. The van der Waals surface area contributed by atoms with Crippen molar-refractivity contribution >= 4 is 0 Å². The summed E-state index contributed by atoms with van der Waals surface area (Å²) in [5, 5.41) is 0. The van der Waals surface area contributed by atoms with Gasteiger partial charge < -0.3 is 0 Å². The first kappa shape index (κ1) is 28.2. The van der Waals surface area contributed by atoms with Crippen LogP contribution in [0.5, 0.6) is 0 Å². The fourth-order valence-electron chi connectivity index (χ4n) is 2.81. The van der Waals surface area contributed by atoms with Crippen LogP contribution < -0.4 is 0 Å². The number of benzene rings is 2. The van der Waals surface area contributed by atoms with E-state index in [0.717, 1.165) is 0 Å². The second-order valence-electron chi connectivity index (χ2n) is 6.75. The Labute approximate surface area is 197 Å². The third-order valence-electron chi connectivity index (χ3n) is 5.03. The Kier molecular flexibility index (Phi) is 15.5. The maximum atomic E-state index is 3.60. The Morgan fingerprint density at radius 3 is 0.931 bits per heavy atom. The standard InChI is InChI=1S/C10H15.2C9H9.Ta/c1-6-7(2)9(4)10(5)8(6)3;2*1-2-6-9-7-4-3-5-8-9;/h1-5H3;2*2-8H,1H2;. The molecule has 29 heavy (non-hydrogen) atoms. The van der Waals surface area contributed by atoms with Gasteiger partial charge in [0.05, 0.1) is 0 Å². The molecule has 2 aromatic rings. The van der Waals surface area contributed by atoms with Crippen molar-refractivity contribution in [2.24, 2.45) is 0 Å². The Morgan fingerprint density at radius 2 is 0.724 bits per heavy atom. The number of hydrogen-bond acceptors (Lipinski definition) is 0. The van der Waals surface area contributed by atoms with Crippen molar-refractivity contribution < 1.29 is 22.4 Å². The molecule has 1 fully saturated rings. The molecule has 150 valence electrons. The molecule has 1 aliphatic carbocycles. The molecule has 0 aromatic heterocycles. The van der Waals surface area contributed by atoms with Gasteiger partial charge in [-0.15, -0.1) is 0 Å². The van der Waals surface area contributed by atoms with Crippen LogP contribution in [0.15, 0.2) is 60.7 Å². The largest absolute Gasteiger partial charge is 0.0622 e. The van der Waals surface area contributed by atoms with Crippen LogP contribution in [0, 0.1) is 69.1 Å². The summed E-state index contributed by atoms with van der Waals surface area (Å²) in [6, 6.07) is 20.2. The van der Waals surface area contributed by atoms with E-state index in [9.17, 15) is 0 Å². The normalized spacial score (nSPS) is 15.7. The molecule has 0 saturated heterocycles. The molecular weight excluding hydrogens is 517 g/mol. The average Bonchev–Trinajstić information content (AvgIpc) is 2.89. The van der Waals surface area contributed by atoms with Crippen LogP contribution >= 0.6 is 0 Å². The van der Waals surface area contributed by atoms with Gasteiger partial charge in [0.25, 0.3) is 0 Å². The molecule has 1 saturated carbocycles. The van der Waals surface area contributed by atoms with Gasteiger partial charge in [-0.3, -0.25) is 0 Å². The van der Waals surface area contributed by atoms with Crippen LogP contribution in [-0.2, 0) is 22.4 Å². The van der Waals surface area contributed by atoms with E-state index in [2.05, 4.69) is 48.5 Å². The van der Waals surface area contributed by atoms with Crippen LogP contribution in [0.4, 0.5) is 0 Å². The van der Waals surface area contributed by atoms with Crippen molar-refractivity contribution in [1.82, 2.24) is 0 Å². The summed E-state index contributed by atoms with van der Waals surface area (Å²) >= 11 is 0. The summed E-state index contributed by atoms with van der Waals surface area (Å²) in [6.45, 7) is 18.2. The number of hydrogen-bond donors (Lipinski definition) is 0. The summed E-state index contributed by atoms with van der Waals surface area (Å²) in [6.07, 6.45) is 7.52. The Bertz CT molecular complexity index is 520. The monoisotopic (exact) mass is 550 g/mol. The summed E-state index contributed by atoms with van der Waals surface area (Å²) in [7, 11) is 0. The fourth-order valence-corrected chi connectivity index (χ4v) is 2.81. The zero-order valence-electron chi connectivity index (χ0n) is 18.4. The molecule has 0 amide bonds. The summed E-state index contributed by atoms with van der Waals surface area (Å²) in [5.74, 6) is 7.34. The molecule has 0 spiro atoms. The first-order chi connectivity index (χ1) is 13.4. The van der Waals surface area contributed by atoms with E-state index in [-0.39, 0.29) is 22.4 Å². The minimum atomic E-state index is 0. The molecule has 0 aliphatic heterocycles. The van der Waals surface area contributed by atoms with Crippen molar-refractivity contribution in [3.05, 3.63) is 141 Å². The van der Waals surface area contributed by atoms with Gasteiger partial charge in [-0.2, -0.15) is 0 Å². The third-order valence-corrected chi connectivity index (χ3v) is 5.03. The molecule has 0 unspecified atom stereocenters. The Balaban J connectivity index is 0.000000399. The maximum Gasteiger partial charge on any atom is 0 e. The van der Waals surface area contributed by atoms with E-state index in [4.69, 9.17) is 0 Å². The van der Waals surface area contributed by atoms with Crippen LogP contribution in [0.25, 0.3) is 0 Å². The van der Waals surface area contributed by atoms with Gasteiger partial charge in [-0.05, 0) is 80.2 Å². The molecule has 12 radical (unpaired) electrons. The zero-order chi connectivity index (χ0) is 20.9. The molecular formula is C28H33Ta. The molecule has 0 heterocycles. The van der Waals surface area contributed by atoms with Gasteiger partial charge in [-0.1, -0.05) is 95.3 Å². The fraction of sp³-hybridized carbons (Fsp3) is 0.179. The van der Waals surface area contributed by atoms with Crippen molar-refractivity contribution in [1.29, 1.82) is 0 Å². The molecule has 3 rings (SSSR count). The second kappa shape index (κ2) is 15.9. The molecule has 1 aliphatic rings. The van der Waals surface area contributed by atoms with Gasteiger partial charge in [0.15, 0.2) is 0 Å². The number of rotatable bonds is 4. The van der Waals surface area contributed by atoms with Crippen molar-refractivity contribution in [2.75, 3.05) is 0 Å². The molecule has 0 N–H and O–H groups in total. The van der Waals surface area contributed by atoms with E-state index < -0.39 is 0 Å². The topological polar surface area (TPSA) is 0 Å². The Morgan fingerprint density at radius 1 is 0.483 bits per heavy atom. The van der Waals surface area contributed by atoms with E-state index >= 15 is 0 Å². The van der Waals surface area contributed by atoms with E-state index in [1.54, 1.807) is 12.8 Å². The molecule has 2 aromatic carbocycles. The minimum absolute atomic E-state index is 0. The summed E-state index contributed by atoms with van der Waals surface area (Å²) in [5.41, 5.74) is 2.40. The second-order valence-corrected chi connectivity index (χ2v) is 6.75. The van der Waals surface area contributed by atoms with E-state index in [1.807, 2.05) is 73.5 Å². The molecule has 0 atom stereocenters. The van der Waals surface area contributed by atoms with E-state index in [0.29, 0.717) is 0 Å². The van der Waals surface area contributed by atoms with Crippen LogP contribution in [0.3, 0.4) is 0 Å². The Hall–Kier alpha value is -0.820. The van der Waals surface area contributed by atoms with Gasteiger partial charge in [0.1, 0.15) is 0 Å². The maximum absolute atomic E-state index is 3.60. The molecule has 1 heteroatoms. The van der Waals surface area contributed by atoms with Gasteiger partial charge >= 0.3 is 0 Å².